The largest absolute Gasteiger partial charge is 0.483 e. The summed E-state index contributed by atoms with van der Waals surface area (Å²) in [5, 5.41) is 7.95. The lowest BCUT2D eigenvalue weighted by Crippen LogP contribution is -2.25. The van der Waals surface area contributed by atoms with Gasteiger partial charge in [-0.05, 0) is 89.5 Å². The van der Waals surface area contributed by atoms with E-state index in [2.05, 4.69) is 48.9 Å². The van der Waals surface area contributed by atoms with Crippen LogP contribution in [0.25, 0.3) is 10.9 Å². The van der Waals surface area contributed by atoms with Crippen molar-refractivity contribution >= 4 is 67.2 Å². The van der Waals surface area contributed by atoms with Crippen LogP contribution in [-0.4, -0.2) is 28.4 Å². The van der Waals surface area contributed by atoms with Crippen molar-refractivity contribution in [3.05, 3.63) is 96.5 Å². The molecule has 0 saturated heterocycles. The molecule has 1 aliphatic carbocycles. The zero-order valence-corrected chi connectivity index (χ0v) is 24.3. The summed E-state index contributed by atoms with van der Waals surface area (Å²) in [4.78, 5) is 30.6. The summed E-state index contributed by atoms with van der Waals surface area (Å²) >= 11 is 5.63. The SMILES string of the molecule is O=C(COc1ccc(C=Nn2c(C3CCCCC3)nc3ccc(Br)cc3c2=O)cc1I)Nc1ccccc1. The van der Waals surface area contributed by atoms with Gasteiger partial charge in [0, 0.05) is 16.1 Å². The second-order valence-corrected chi connectivity index (χ2v) is 11.3. The van der Waals surface area contributed by atoms with Gasteiger partial charge in [-0.3, -0.25) is 9.59 Å². The van der Waals surface area contributed by atoms with Gasteiger partial charge in [0.25, 0.3) is 11.5 Å². The molecule has 0 bridgehead atoms. The minimum Gasteiger partial charge on any atom is -0.483 e. The van der Waals surface area contributed by atoms with Gasteiger partial charge in [-0.1, -0.05) is 53.4 Å². The number of aromatic nitrogens is 2. The number of nitrogens with one attached hydrogen (secondary N) is 1. The Bertz CT molecular complexity index is 1550. The number of ether oxygens (including phenoxy) is 1. The Kier molecular flexibility index (Phi) is 8.53. The maximum atomic E-state index is 13.5. The van der Waals surface area contributed by atoms with Crippen LogP contribution in [0.3, 0.4) is 0 Å². The van der Waals surface area contributed by atoms with E-state index in [1.165, 1.54) is 11.1 Å². The Labute approximate surface area is 242 Å². The second-order valence-electron chi connectivity index (χ2n) is 9.22. The monoisotopic (exact) mass is 684 g/mol. The number of para-hydroxylation sites is 1. The fourth-order valence-corrected chi connectivity index (χ4v) is 5.66. The molecule has 38 heavy (non-hydrogen) atoms. The van der Waals surface area contributed by atoms with Crippen LogP contribution < -0.4 is 15.6 Å². The van der Waals surface area contributed by atoms with Crippen LogP contribution in [0.4, 0.5) is 5.69 Å². The standard InChI is InChI=1S/C29H26BrIN4O3/c30-21-12-13-25-23(16-21)29(37)35(28(34-25)20-7-3-1-4-8-20)32-17-19-11-14-26(24(31)15-19)38-18-27(36)33-22-9-5-2-6-10-22/h2,5-6,9-17,20H,1,3-4,7-8,18H2,(H,33,36). The summed E-state index contributed by atoms with van der Waals surface area (Å²) < 4.78 is 8.86. The molecule has 0 spiro atoms. The highest BCUT2D eigenvalue weighted by Gasteiger charge is 2.22. The van der Waals surface area contributed by atoms with E-state index >= 15 is 0 Å². The van der Waals surface area contributed by atoms with Crippen molar-refractivity contribution in [2.45, 2.75) is 38.0 Å². The number of halogens is 2. The Morgan fingerprint density at radius 1 is 1.11 bits per heavy atom. The van der Waals surface area contributed by atoms with Gasteiger partial charge in [-0.25, -0.2) is 4.98 Å². The van der Waals surface area contributed by atoms with Gasteiger partial charge in [-0.15, -0.1) is 0 Å². The predicted molar refractivity (Wildman–Crippen MR) is 162 cm³/mol. The maximum Gasteiger partial charge on any atom is 0.282 e. The maximum absolute atomic E-state index is 13.5. The first-order valence-electron chi connectivity index (χ1n) is 12.5. The van der Waals surface area contributed by atoms with Crippen LogP contribution in [0.5, 0.6) is 5.75 Å². The molecule has 7 nitrogen and oxygen atoms in total. The van der Waals surface area contributed by atoms with Gasteiger partial charge in [0.2, 0.25) is 0 Å². The van der Waals surface area contributed by atoms with E-state index in [4.69, 9.17) is 9.72 Å². The number of anilines is 1. The molecule has 4 aromatic rings. The van der Waals surface area contributed by atoms with Gasteiger partial charge < -0.3 is 10.1 Å². The quantitative estimate of drug-likeness (QED) is 0.173. The molecular formula is C29H26BrIN4O3. The number of amides is 1. The lowest BCUT2D eigenvalue weighted by Gasteiger charge is -2.22. The first-order valence-corrected chi connectivity index (χ1v) is 14.4. The molecule has 1 amide bonds. The topological polar surface area (TPSA) is 85.6 Å². The minimum atomic E-state index is -0.234. The summed E-state index contributed by atoms with van der Waals surface area (Å²) in [5.41, 5.74) is 2.05. The molecule has 1 heterocycles. The van der Waals surface area contributed by atoms with Crippen LogP contribution in [0.1, 0.15) is 49.4 Å². The van der Waals surface area contributed by atoms with Crippen LogP contribution in [0.2, 0.25) is 0 Å². The van der Waals surface area contributed by atoms with E-state index in [-0.39, 0.29) is 24.0 Å². The number of carbonyl (C=O) groups excluding carboxylic acids is 1. The van der Waals surface area contributed by atoms with Gasteiger partial charge >= 0.3 is 0 Å². The van der Waals surface area contributed by atoms with Crippen molar-refractivity contribution < 1.29 is 9.53 Å². The first kappa shape index (κ1) is 26.6. The Balaban J connectivity index is 1.36. The molecule has 0 unspecified atom stereocenters. The van der Waals surface area contributed by atoms with Crippen LogP contribution >= 0.6 is 38.5 Å². The molecule has 0 aliphatic heterocycles. The van der Waals surface area contributed by atoms with Gasteiger partial charge in [0.15, 0.2) is 6.61 Å². The van der Waals surface area contributed by atoms with E-state index in [1.54, 1.807) is 18.3 Å². The minimum absolute atomic E-state index is 0.100. The van der Waals surface area contributed by atoms with Crippen LogP contribution in [-0.2, 0) is 4.79 Å². The smallest absolute Gasteiger partial charge is 0.282 e. The molecule has 0 atom stereocenters. The Hall–Kier alpha value is -3.05. The van der Waals surface area contributed by atoms with Gasteiger partial charge in [-0.2, -0.15) is 9.78 Å². The average Bonchev–Trinajstić information content (AvgIpc) is 2.93. The predicted octanol–water partition coefficient (Wildman–Crippen LogP) is 6.71. The van der Waals surface area contributed by atoms with E-state index < -0.39 is 0 Å². The molecule has 194 valence electrons. The van der Waals surface area contributed by atoms with Crippen molar-refractivity contribution in [2.75, 3.05) is 11.9 Å². The zero-order valence-electron chi connectivity index (χ0n) is 20.6. The first-order chi connectivity index (χ1) is 18.5. The highest BCUT2D eigenvalue weighted by Crippen LogP contribution is 2.32. The van der Waals surface area contributed by atoms with E-state index in [9.17, 15) is 9.59 Å². The fourth-order valence-electron chi connectivity index (χ4n) is 4.60. The summed E-state index contributed by atoms with van der Waals surface area (Å²) in [7, 11) is 0. The summed E-state index contributed by atoms with van der Waals surface area (Å²) in [5.74, 6) is 1.30. The van der Waals surface area contributed by atoms with E-state index in [0.717, 1.165) is 50.8 Å². The molecule has 1 saturated carbocycles. The molecule has 1 N–H and O–H groups in total. The van der Waals surface area contributed by atoms with E-state index in [1.807, 2.05) is 54.6 Å². The number of carbonyl (C=O) groups is 1. The van der Waals surface area contributed by atoms with Crippen LogP contribution in [0.15, 0.2) is 81.1 Å². The number of benzene rings is 3. The fraction of sp³-hybridized carbons (Fsp3) is 0.241. The second kappa shape index (κ2) is 12.2. The van der Waals surface area contributed by atoms with Gasteiger partial charge in [0.1, 0.15) is 11.6 Å². The third-order valence-electron chi connectivity index (χ3n) is 6.50. The molecule has 1 aromatic heterocycles. The number of hydrogen-bond donors (Lipinski definition) is 1. The van der Waals surface area contributed by atoms with Crippen molar-refractivity contribution in [2.24, 2.45) is 5.10 Å². The number of rotatable bonds is 7. The highest BCUT2D eigenvalue weighted by molar-refractivity contribution is 14.1. The lowest BCUT2D eigenvalue weighted by molar-refractivity contribution is -0.118. The highest BCUT2D eigenvalue weighted by atomic mass is 127. The molecule has 5 rings (SSSR count). The van der Waals surface area contributed by atoms with Crippen molar-refractivity contribution in [3.8, 4) is 5.75 Å². The number of fused-ring (bicyclic) bond motifs is 1. The molecule has 9 heteroatoms. The number of nitrogens with zero attached hydrogens (tertiary/aromatic N) is 3. The average molecular weight is 685 g/mol. The summed E-state index contributed by atoms with van der Waals surface area (Å²) in [6.07, 6.45) is 7.16. The van der Waals surface area contributed by atoms with Crippen molar-refractivity contribution in [1.29, 1.82) is 0 Å². The normalized spacial score (nSPS) is 14.2. The Morgan fingerprint density at radius 3 is 2.66 bits per heavy atom. The molecule has 3 aromatic carbocycles. The van der Waals surface area contributed by atoms with Crippen LogP contribution in [0, 0.1) is 3.57 Å². The van der Waals surface area contributed by atoms with E-state index in [0.29, 0.717) is 16.7 Å². The molecule has 0 radical (unpaired) electrons. The van der Waals surface area contributed by atoms with Crippen molar-refractivity contribution in [1.82, 2.24) is 9.66 Å². The Morgan fingerprint density at radius 2 is 1.89 bits per heavy atom. The lowest BCUT2D eigenvalue weighted by atomic mass is 9.88. The summed E-state index contributed by atoms with van der Waals surface area (Å²) in [6, 6.07) is 20.4. The zero-order chi connectivity index (χ0) is 26.5. The molecule has 1 fully saturated rings. The summed E-state index contributed by atoms with van der Waals surface area (Å²) in [6.45, 7) is -0.100. The number of hydrogen-bond acceptors (Lipinski definition) is 5. The van der Waals surface area contributed by atoms with Gasteiger partial charge in [0.05, 0.1) is 20.7 Å². The third-order valence-corrected chi connectivity index (χ3v) is 7.83. The van der Waals surface area contributed by atoms with Crippen molar-refractivity contribution in [3.63, 3.8) is 0 Å². The third kappa shape index (κ3) is 6.32. The molecular weight excluding hydrogens is 659 g/mol. The molecule has 1 aliphatic rings.